The lowest BCUT2D eigenvalue weighted by Gasteiger charge is -2.10. The van der Waals surface area contributed by atoms with E-state index in [1.165, 1.54) is 0 Å². The van der Waals surface area contributed by atoms with Crippen LogP contribution in [0.1, 0.15) is 10.4 Å². The number of hydrogen-bond acceptors (Lipinski definition) is 4. The lowest BCUT2D eigenvalue weighted by Crippen LogP contribution is -2.10. The molecule has 156 valence electrons. The minimum atomic E-state index is -0.454. The van der Waals surface area contributed by atoms with E-state index in [4.69, 9.17) is 10.7 Å². The van der Waals surface area contributed by atoms with E-state index >= 15 is 0 Å². The number of fused-ring (bicyclic) bond motifs is 1. The number of para-hydroxylation sites is 1. The van der Waals surface area contributed by atoms with Crippen molar-refractivity contribution in [2.24, 2.45) is 5.73 Å². The smallest absolute Gasteiger partial charge is 0.248 e. The van der Waals surface area contributed by atoms with Gasteiger partial charge in [0.05, 0.1) is 11.2 Å². The summed E-state index contributed by atoms with van der Waals surface area (Å²) in [5.74, 6) is 0.0410. The number of aromatic nitrogens is 2. The molecule has 0 bridgehead atoms. The van der Waals surface area contributed by atoms with Crippen molar-refractivity contribution in [3.8, 4) is 11.3 Å². The molecule has 0 aliphatic carbocycles. The van der Waals surface area contributed by atoms with Gasteiger partial charge in [-0.3, -0.25) is 4.79 Å². The van der Waals surface area contributed by atoms with Crippen LogP contribution in [0.5, 0.6) is 0 Å². The SMILES string of the molecule is NC(=O)c1ccc(Nc2nc(-c3ccccc3)c3ccccc3n2)cc1.c1ccccc1. The molecule has 1 aromatic heterocycles. The molecule has 0 aliphatic rings. The number of nitrogens with two attached hydrogens (primary N) is 1. The highest BCUT2D eigenvalue weighted by Gasteiger charge is 2.10. The van der Waals surface area contributed by atoms with E-state index in [2.05, 4.69) is 10.3 Å². The third kappa shape index (κ3) is 5.15. The fourth-order valence-corrected chi connectivity index (χ4v) is 3.18. The first-order valence-electron chi connectivity index (χ1n) is 10.2. The van der Waals surface area contributed by atoms with Gasteiger partial charge in [0.1, 0.15) is 0 Å². The monoisotopic (exact) mass is 418 g/mol. The van der Waals surface area contributed by atoms with Gasteiger partial charge in [-0.25, -0.2) is 9.97 Å². The zero-order valence-electron chi connectivity index (χ0n) is 17.3. The summed E-state index contributed by atoms with van der Waals surface area (Å²) < 4.78 is 0. The van der Waals surface area contributed by atoms with Gasteiger partial charge in [-0.05, 0) is 30.3 Å². The molecule has 5 heteroatoms. The quantitative estimate of drug-likeness (QED) is 0.385. The maximum Gasteiger partial charge on any atom is 0.248 e. The molecular weight excluding hydrogens is 396 g/mol. The standard InChI is InChI=1S/C21H16N4O.C6H6/c22-20(26)15-10-12-16(13-11-15)23-21-24-18-9-5-4-8-17(18)19(25-21)14-6-2-1-3-7-14;1-2-4-6-5-3-1/h1-13H,(H2,22,26)(H,23,24,25);1-6H. The molecule has 0 spiro atoms. The first-order valence-corrected chi connectivity index (χ1v) is 10.2. The molecular formula is C27H22N4O. The molecule has 0 unspecified atom stereocenters. The van der Waals surface area contributed by atoms with Gasteiger partial charge in [-0.1, -0.05) is 84.9 Å². The van der Waals surface area contributed by atoms with Crippen molar-refractivity contribution in [2.45, 2.75) is 0 Å². The maximum absolute atomic E-state index is 11.2. The van der Waals surface area contributed by atoms with Crippen LogP contribution in [0.2, 0.25) is 0 Å². The fourth-order valence-electron chi connectivity index (χ4n) is 3.18. The Balaban J connectivity index is 0.000000354. The summed E-state index contributed by atoms with van der Waals surface area (Å²) in [7, 11) is 0. The van der Waals surface area contributed by atoms with E-state index in [0.29, 0.717) is 11.5 Å². The number of carbonyl (C=O) groups excluding carboxylic acids is 1. The fraction of sp³-hybridized carbons (Fsp3) is 0. The van der Waals surface area contributed by atoms with Crippen LogP contribution in [0.3, 0.4) is 0 Å². The maximum atomic E-state index is 11.2. The molecule has 0 atom stereocenters. The molecule has 5 aromatic rings. The molecule has 4 aromatic carbocycles. The summed E-state index contributed by atoms with van der Waals surface area (Å²) in [6, 6.07) is 36.8. The molecule has 5 nitrogen and oxygen atoms in total. The van der Waals surface area contributed by atoms with Crippen molar-refractivity contribution in [1.29, 1.82) is 0 Å². The van der Waals surface area contributed by atoms with Gasteiger partial charge in [0.25, 0.3) is 0 Å². The zero-order valence-corrected chi connectivity index (χ0v) is 17.3. The number of amides is 1. The Morgan fingerprint density at radius 1 is 0.656 bits per heavy atom. The van der Waals surface area contributed by atoms with E-state index in [0.717, 1.165) is 27.8 Å². The summed E-state index contributed by atoms with van der Waals surface area (Å²) in [5.41, 5.74) is 9.27. The van der Waals surface area contributed by atoms with Crippen LogP contribution in [-0.4, -0.2) is 15.9 Å². The van der Waals surface area contributed by atoms with Crippen LogP contribution in [-0.2, 0) is 0 Å². The van der Waals surface area contributed by atoms with Crippen molar-refractivity contribution < 1.29 is 4.79 Å². The largest absolute Gasteiger partial charge is 0.366 e. The van der Waals surface area contributed by atoms with E-state index in [9.17, 15) is 4.79 Å². The van der Waals surface area contributed by atoms with Crippen LogP contribution >= 0.6 is 0 Å². The second-order valence-electron chi connectivity index (χ2n) is 7.00. The van der Waals surface area contributed by atoms with E-state index in [1.807, 2.05) is 91.0 Å². The Kier molecular flexibility index (Phi) is 6.48. The number of benzene rings is 4. The molecule has 1 heterocycles. The van der Waals surface area contributed by atoms with Gasteiger partial charge >= 0.3 is 0 Å². The molecule has 0 aliphatic heterocycles. The summed E-state index contributed by atoms with van der Waals surface area (Å²) >= 11 is 0. The molecule has 3 N–H and O–H groups in total. The summed E-state index contributed by atoms with van der Waals surface area (Å²) in [6.07, 6.45) is 0. The average molecular weight is 419 g/mol. The molecule has 0 radical (unpaired) electrons. The number of carbonyl (C=O) groups is 1. The molecule has 32 heavy (non-hydrogen) atoms. The Hall–Kier alpha value is -4.51. The molecule has 0 saturated carbocycles. The number of rotatable bonds is 4. The molecule has 0 fully saturated rings. The third-order valence-electron chi connectivity index (χ3n) is 4.74. The van der Waals surface area contributed by atoms with Crippen LogP contribution in [0.25, 0.3) is 22.2 Å². The van der Waals surface area contributed by atoms with Crippen LogP contribution in [0.15, 0.2) is 115 Å². The van der Waals surface area contributed by atoms with Crippen LogP contribution in [0.4, 0.5) is 11.6 Å². The van der Waals surface area contributed by atoms with Gasteiger partial charge in [-0.15, -0.1) is 0 Å². The van der Waals surface area contributed by atoms with Gasteiger partial charge < -0.3 is 11.1 Å². The minimum Gasteiger partial charge on any atom is -0.366 e. The first-order chi connectivity index (χ1) is 15.7. The highest BCUT2D eigenvalue weighted by atomic mass is 16.1. The van der Waals surface area contributed by atoms with Crippen molar-refractivity contribution in [1.82, 2.24) is 9.97 Å². The predicted molar refractivity (Wildman–Crippen MR) is 130 cm³/mol. The van der Waals surface area contributed by atoms with Crippen LogP contribution < -0.4 is 11.1 Å². The van der Waals surface area contributed by atoms with Gasteiger partial charge in [0.2, 0.25) is 11.9 Å². The number of nitrogens with one attached hydrogen (secondary N) is 1. The second kappa shape index (κ2) is 10.00. The lowest BCUT2D eigenvalue weighted by molar-refractivity contribution is 0.100. The minimum absolute atomic E-state index is 0.454. The van der Waals surface area contributed by atoms with Crippen molar-refractivity contribution >= 4 is 28.4 Å². The zero-order chi connectivity index (χ0) is 22.2. The Bertz CT molecular complexity index is 1280. The number of nitrogens with zero attached hydrogens (tertiary/aromatic N) is 2. The Labute approximate surface area is 186 Å². The Morgan fingerprint density at radius 2 is 1.22 bits per heavy atom. The van der Waals surface area contributed by atoms with Crippen molar-refractivity contribution in [3.05, 3.63) is 121 Å². The summed E-state index contributed by atoms with van der Waals surface area (Å²) in [6.45, 7) is 0. The van der Waals surface area contributed by atoms with Crippen molar-refractivity contribution in [3.63, 3.8) is 0 Å². The van der Waals surface area contributed by atoms with E-state index < -0.39 is 5.91 Å². The van der Waals surface area contributed by atoms with E-state index in [-0.39, 0.29) is 0 Å². The normalized spacial score (nSPS) is 10.1. The van der Waals surface area contributed by atoms with Gasteiger partial charge in [0.15, 0.2) is 0 Å². The van der Waals surface area contributed by atoms with Crippen LogP contribution in [0, 0.1) is 0 Å². The number of hydrogen-bond donors (Lipinski definition) is 2. The van der Waals surface area contributed by atoms with Gasteiger partial charge in [0, 0.05) is 22.2 Å². The highest BCUT2D eigenvalue weighted by Crippen LogP contribution is 2.28. The molecule has 1 amide bonds. The molecule has 5 rings (SSSR count). The first kappa shape index (κ1) is 20.8. The highest BCUT2D eigenvalue weighted by molar-refractivity contribution is 5.94. The van der Waals surface area contributed by atoms with Gasteiger partial charge in [-0.2, -0.15) is 0 Å². The van der Waals surface area contributed by atoms with E-state index in [1.54, 1.807) is 24.3 Å². The van der Waals surface area contributed by atoms with Crippen molar-refractivity contribution in [2.75, 3.05) is 5.32 Å². The number of primary amides is 1. The molecule has 0 saturated heterocycles. The third-order valence-corrected chi connectivity index (χ3v) is 4.74. The topological polar surface area (TPSA) is 80.9 Å². The average Bonchev–Trinajstić information content (AvgIpc) is 2.86. The Morgan fingerprint density at radius 3 is 1.84 bits per heavy atom. The lowest BCUT2D eigenvalue weighted by atomic mass is 10.1. The summed E-state index contributed by atoms with van der Waals surface area (Å²) in [4.78, 5) is 20.5. The predicted octanol–water partition coefficient (Wildman–Crippen LogP) is 5.83. The number of anilines is 2. The second-order valence-corrected chi connectivity index (χ2v) is 7.00. The summed E-state index contributed by atoms with van der Waals surface area (Å²) in [5, 5.41) is 4.19.